The molecule has 0 heterocycles. The topological polar surface area (TPSA) is 49.3 Å². The minimum absolute atomic E-state index is 0.0478. The summed E-state index contributed by atoms with van der Waals surface area (Å²) in [5.74, 6) is -0.122. The number of nitrogens with one attached hydrogen (secondary N) is 1. The fraction of sp³-hybridized carbons (Fsp3) is 0.462. The molecular formula is C13H16INO2S. The summed E-state index contributed by atoms with van der Waals surface area (Å²) < 4.78 is 0.948. The average Bonchev–Trinajstić information content (AvgIpc) is 2.79. The molecule has 3 nitrogen and oxygen atoms in total. The molecule has 1 aromatic carbocycles. The molecule has 2 rings (SSSR count). The van der Waals surface area contributed by atoms with Crippen LogP contribution in [0.2, 0.25) is 0 Å². The molecule has 98 valence electrons. The van der Waals surface area contributed by atoms with E-state index < -0.39 is 0 Å². The minimum Gasteiger partial charge on any atom is -0.507 e. The van der Waals surface area contributed by atoms with Crippen molar-refractivity contribution in [2.24, 2.45) is 0 Å². The number of phenolic OH excluding ortho intramolecular Hbond substituents is 1. The molecule has 1 aromatic rings. The van der Waals surface area contributed by atoms with Crippen LogP contribution in [0.4, 0.5) is 0 Å². The molecule has 0 spiro atoms. The summed E-state index contributed by atoms with van der Waals surface area (Å²) in [6.45, 7) is 0. The fourth-order valence-electron chi connectivity index (χ4n) is 2.31. The predicted octanol–water partition coefficient (Wildman–Crippen LogP) is 3.01. The fourth-order valence-corrected chi connectivity index (χ4v) is 3.74. The van der Waals surface area contributed by atoms with Gasteiger partial charge in [-0.2, -0.15) is 11.8 Å². The summed E-state index contributed by atoms with van der Waals surface area (Å²) in [5, 5.41) is 13.3. The maximum Gasteiger partial charge on any atom is 0.255 e. The van der Waals surface area contributed by atoms with Crippen LogP contribution in [0.3, 0.4) is 0 Å². The van der Waals surface area contributed by atoms with E-state index in [1.807, 2.05) is 0 Å². The number of hydrogen-bond donors (Lipinski definition) is 2. The molecule has 0 saturated heterocycles. The van der Waals surface area contributed by atoms with Crippen LogP contribution in [0.25, 0.3) is 0 Å². The van der Waals surface area contributed by atoms with E-state index in [1.165, 1.54) is 0 Å². The van der Waals surface area contributed by atoms with Crippen molar-refractivity contribution in [2.45, 2.75) is 30.6 Å². The predicted molar refractivity (Wildman–Crippen MR) is 83.2 cm³/mol. The van der Waals surface area contributed by atoms with Crippen molar-refractivity contribution in [1.29, 1.82) is 0 Å². The number of thioether (sulfide) groups is 1. The SMILES string of the molecule is CSC1CCCC1NC(=O)c1cc(I)ccc1O. The van der Waals surface area contributed by atoms with Crippen molar-refractivity contribution < 1.29 is 9.90 Å². The van der Waals surface area contributed by atoms with Crippen LogP contribution < -0.4 is 5.32 Å². The molecule has 0 radical (unpaired) electrons. The Morgan fingerprint density at radius 3 is 3.00 bits per heavy atom. The van der Waals surface area contributed by atoms with E-state index in [1.54, 1.807) is 30.0 Å². The first-order valence-electron chi connectivity index (χ1n) is 5.94. The third-order valence-electron chi connectivity index (χ3n) is 3.28. The molecule has 1 aliphatic carbocycles. The zero-order chi connectivity index (χ0) is 13.1. The lowest BCUT2D eigenvalue weighted by Gasteiger charge is -2.19. The van der Waals surface area contributed by atoms with Crippen molar-refractivity contribution in [3.8, 4) is 5.75 Å². The molecule has 2 atom stereocenters. The molecule has 18 heavy (non-hydrogen) atoms. The highest BCUT2D eigenvalue weighted by molar-refractivity contribution is 14.1. The standard InChI is InChI=1S/C13H16INO2S/c1-18-12-4-2-3-10(12)15-13(17)9-7-8(14)5-6-11(9)16/h5-7,10,12,16H,2-4H2,1H3,(H,15,17). The lowest BCUT2D eigenvalue weighted by atomic mass is 10.1. The van der Waals surface area contributed by atoms with E-state index in [-0.39, 0.29) is 17.7 Å². The van der Waals surface area contributed by atoms with E-state index in [0.29, 0.717) is 10.8 Å². The zero-order valence-corrected chi connectivity index (χ0v) is 13.1. The Morgan fingerprint density at radius 2 is 2.28 bits per heavy atom. The van der Waals surface area contributed by atoms with Crippen LogP contribution in [0, 0.1) is 3.57 Å². The molecule has 0 aromatic heterocycles. The van der Waals surface area contributed by atoms with Gasteiger partial charge in [-0.25, -0.2) is 0 Å². The monoisotopic (exact) mass is 377 g/mol. The molecule has 0 bridgehead atoms. The number of rotatable bonds is 3. The van der Waals surface area contributed by atoms with Gasteiger partial charge in [0, 0.05) is 14.9 Å². The Morgan fingerprint density at radius 1 is 1.50 bits per heavy atom. The first-order valence-corrected chi connectivity index (χ1v) is 8.30. The number of carbonyl (C=O) groups is 1. The van der Waals surface area contributed by atoms with Crippen LogP contribution in [-0.2, 0) is 0 Å². The molecule has 1 fully saturated rings. The first kappa shape index (κ1) is 14.0. The number of benzene rings is 1. The Hall–Kier alpha value is -0.430. The van der Waals surface area contributed by atoms with Crippen molar-refractivity contribution in [1.82, 2.24) is 5.32 Å². The number of hydrogen-bond acceptors (Lipinski definition) is 3. The van der Waals surface area contributed by atoms with Crippen molar-refractivity contribution in [3.05, 3.63) is 27.3 Å². The highest BCUT2D eigenvalue weighted by atomic mass is 127. The lowest BCUT2D eigenvalue weighted by Crippen LogP contribution is -2.38. The Bertz CT molecular complexity index is 453. The Labute approximate surface area is 125 Å². The highest BCUT2D eigenvalue weighted by Crippen LogP contribution is 2.29. The molecule has 5 heteroatoms. The number of aromatic hydroxyl groups is 1. The van der Waals surface area contributed by atoms with Gasteiger partial charge in [0.05, 0.1) is 5.56 Å². The van der Waals surface area contributed by atoms with E-state index in [0.717, 1.165) is 22.8 Å². The zero-order valence-electron chi connectivity index (χ0n) is 10.1. The molecule has 0 aliphatic heterocycles. The largest absolute Gasteiger partial charge is 0.507 e. The molecule has 1 aliphatic rings. The van der Waals surface area contributed by atoms with Crippen molar-refractivity contribution >= 4 is 40.3 Å². The van der Waals surface area contributed by atoms with Crippen LogP contribution in [-0.4, -0.2) is 28.6 Å². The lowest BCUT2D eigenvalue weighted by molar-refractivity contribution is 0.0936. The molecule has 1 amide bonds. The second-order valence-electron chi connectivity index (χ2n) is 4.45. The van der Waals surface area contributed by atoms with Gasteiger partial charge in [0.25, 0.3) is 5.91 Å². The van der Waals surface area contributed by atoms with Gasteiger partial charge in [-0.3, -0.25) is 4.79 Å². The molecule has 1 saturated carbocycles. The van der Waals surface area contributed by atoms with Gasteiger partial charge in [-0.05, 0) is 59.9 Å². The summed E-state index contributed by atoms with van der Waals surface area (Å²) in [4.78, 5) is 12.2. The summed E-state index contributed by atoms with van der Waals surface area (Å²) in [7, 11) is 0. The van der Waals surface area contributed by atoms with E-state index in [9.17, 15) is 9.90 Å². The number of halogens is 1. The van der Waals surface area contributed by atoms with Gasteiger partial charge in [0.15, 0.2) is 0 Å². The summed E-state index contributed by atoms with van der Waals surface area (Å²) in [5.41, 5.74) is 0.369. The first-order chi connectivity index (χ1) is 8.61. The van der Waals surface area contributed by atoms with E-state index in [2.05, 4.69) is 34.2 Å². The van der Waals surface area contributed by atoms with Crippen LogP contribution in [0.5, 0.6) is 5.75 Å². The molecule has 2 unspecified atom stereocenters. The van der Waals surface area contributed by atoms with Crippen LogP contribution >= 0.6 is 34.4 Å². The molecular weight excluding hydrogens is 361 g/mol. The maximum atomic E-state index is 12.2. The third kappa shape index (κ3) is 3.12. The minimum atomic E-state index is -0.169. The Balaban J connectivity index is 2.09. The van der Waals surface area contributed by atoms with E-state index >= 15 is 0 Å². The highest BCUT2D eigenvalue weighted by Gasteiger charge is 2.28. The normalized spacial score (nSPS) is 23.0. The Kier molecular flexibility index (Phi) is 4.77. The van der Waals surface area contributed by atoms with Crippen molar-refractivity contribution in [2.75, 3.05) is 6.26 Å². The van der Waals surface area contributed by atoms with Crippen LogP contribution in [0.15, 0.2) is 18.2 Å². The number of amides is 1. The summed E-state index contributed by atoms with van der Waals surface area (Å²) in [6, 6.07) is 5.29. The van der Waals surface area contributed by atoms with Gasteiger partial charge >= 0.3 is 0 Å². The maximum absolute atomic E-state index is 12.2. The van der Waals surface area contributed by atoms with Crippen LogP contribution in [0.1, 0.15) is 29.6 Å². The number of carbonyl (C=O) groups excluding carboxylic acids is 1. The smallest absolute Gasteiger partial charge is 0.255 e. The van der Waals surface area contributed by atoms with Gasteiger partial charge in [0.1, 0.15) is 5.75 Å². The van der Waals surface area contributed by atoms with Gasteiger partial charge in [-0.1, -0.05) is 6.42 Å². The average molecular weight is 377 g/mol. The summed E-state index contributed by atoms with van der Waals surface area (Å²) >= 11 is 3.94. The molecule has 2 N–H and O–H groups in total. The summed E-state index contributed by atoms with van der Waals surface area (Å²) in [6.07, 6.45) is 5.43. The quantitative estimate of drug-likeness (QED) is 0.797. The second kappa shape index (κ2) is 6.14. The van der Waals surface area contributed by atoms with Gasteiger partial charge < -0.3 is 10.4 Å². The number of phenols is 1. The van der Waals surface area contributed by atoms with Gasteiger partial charge in [-0.15, -0.1) is 0 Å². The van der Waals surface area contributed by atoms with Gasteiger partial charge in [0.2, 0.25) is 0 Å². The third-order valence-corrected chi connectivity index (χ3v) is 5.12. The second-order valence-corrected chi connectivity index (χ2v) is 6.77. The van der Waals surface area contributed by atoms with Crippen molar-refractivity contribution in [3.63, 3.8) is 0 Å². The van der Waals surface area contributed by atoms with E-state index in [4.69, 9.17) is 0 Å².